The first-order valence-corrected chi connectivity index (χ1v) is 15.4. The van der Waals surface area contributed by atoms with Crippen LogP contribution in [0.25, 0.3) is 0 Å². The quantitative estimate of drug-likeness (QED) is 0.0903. The smallest absolute Gasteiger partial charge is 0.326 e. The lowest BCUT2D eigenvalue weighted by molar-refractivity contribution is -0.144. The molecule has 16 heteroatoms. The van der Waals surface area contributed by atoms with Gasteiger partial charge in [-0.05, 0) is 43.0 Å². The van der Waals surface area contributed by atoms with Crippen LogP contribution in [0.2, 0.25) is 0 Å². The molecule has 0 unspecified atom stereocenters. The van der Waals surface area contributed by atoms with E-state index in [1.54, 1.807) is 42.5 Å². The van der Waals surface area contributed by atoms with Crippen LogP contribution in [0.1, 0.15) is 30.9 Å². The highest BCUT2D eigenvalue weighted by molar-refractivity contribution is 5.95. The maximum atomic E-state index is 13.9. The Kier molecular flexibility index (Phi) is 13.8. The average Bonchev–Trinajstić information content (AvgIpc) is 3.56. The summed E-state index contributed by atoms with van der Waals surface area (Å²) in [4.78, 5) is 78.2. The Morgan fingerprint density at radius 2 is 1.52 bits per heavy atom. The number of phenolic OH excluding ortho intramolecular Hbond substituents is 1. The number of aliphatic hydroxyl groups excluding tert-OH is 2. The highest BCUT2D eigenvalue weighted by Gasteiger charge is 2.39. The van der Waals surface area contributed by atoms with E-state index in [2.05, 4.69) is 21.3 Å². The van der Waals surface area contributed by atoms with Gasteiger partial charge < -0.3 is 52.3 Å². The molecule has 2 aromatic rings. The molecule has 5 amide bonds. The number of carboxylic acid groups (broad SMARTS) is 1. The van der Waals surface area contributed by atoms with Gasteiger partial charge >= 0.3 is 5.97 Å². The molecule has 260 valence electrons. The van der Waals surface area contributed by atoms with Crippen molar-refractivity contribution < 1.29 is 49.2 Å². The molecule has 10 N–H and O–H groups in total. The second kappa shape index (κ2) is 17.7. The molecule has 0 spiro atoms. The Labute approximate surface area is 276 Å². The van der Waals surface area contributed by atoms with E-state index in [1.807, 2.05) is 0 Å². The first-order valence-electron chi connectivity index (χ1n) is 15.4. The summed E-state index contributed by atoms with van der Waals surface area (Å²) in [6.45, 7) is 0.0291. The summed E-state index contributed by atoms with van der Waals surface area (Å²) >= 11 is 0. The van der Waals surface area contributed by atoms with E-state index in [1.165, 1.54) is 24.0 Å². The number of aliphatic hydroxyl groups is 2. The molecule has 0 aliphatic carbocycles. The van der Waals surface area contributed by atoms with Crippen molar-refractivity contribution in [2.24, 2.45) is 5.73 Å². The number of carbonyl (C=O) groups excluding carboxylic acids is 5. The van der Waals surface area contributed by atoms with Crippen molar-refractivity contribution in [3.63, 3.8) is 0 Å². The van der Waals surface area contributed by atoms with E-state index in [4.69, 9.17) is 10.8 Å². The molecule has 1 saturated heterocycles. The van der Waals surface area contributed by atoms with Crippen LogP contribution in [-0.2, 0) is 41.6 Å². The molecule has 16 nitrogen and oxygen atoms in total. The average molecular weight is 671 g/mol. The van der Waals surface area contributed by atoms with Crippen LogP contribution in [-0.4, -0.2) is 117 Å². The molecule has 48 heavy (non-hydrogen) atoms. The maximum absolute atomic E-state index is 13.9. The number of amides is 5. The Morgan fingerprint density at radius 1 is 0.896 bits per heavy atom. The van der Waals surface area contributed by atoms with Crippen molar-refractivity contribution in [3.05, 3.63) is 65.7 Å². The topological polar surface area (TPSA) is 261 Å². The van der Waals surface area contributed by atoms with Crippen LogP contribution in [0.5, 0.6) is 5.75 Å². The van der Waals surface area contributed by atoms with Crippen LogP contribution in [0.15, 0.2) is 54.6 Å². The number of hydrogen-bond donors (Lipinski definition) is 9. The fraction of sp³-hybridized carbons (Fsp3) is 0.438. The van der Waals surface area contributed by atoms with Crippen molar-refractivity contribution >= 4 is 35.5 Å². The molecule has 1 aliphatic rings. The van der Waals surface area contributed by atoms with Crippen LogP contribution in [0, 0.1) is 0 Å². The second-order valence-corrected chi connectivity index (χ2v) is 11.5. The molecule has 1 aliphatic heterocycles. The summed E-state index contributed by atoms with van der Waals surface area (Å²) in [5, 5.41) is 48.1. The van der Waals surface area contributed by atoms with E-state index < -0.39 is 85.0 Å². The van der Waals surface area contributed by atoms with E-state index in [0.717, 1.165) is 0 Å². The van der Waals surface area contributed by atoms with E-state index in [9.17, 15) is 44.1 Å². The molecule has 0 aromatic heterocycles. The summed E-state index contributed by atoms with van der Waals surface area (Å²) in [6.07, 6.45) is -0.707. The molecular formula is C32H42N6O10. The molecule has 2 aromatic carbocycles. The summed E-state index contributed by atoms with van der Waals surface area (Å²) in [6, 6.07) is 8.32. The molecule has 6 atom stereocenters. The summed E-state index contributed by atoms with van der Waals surface area (Å²) < 4.78 is 0. The predicted molar refractivity (Wildman–Crippen MR) is 170 cm³/mol. The minimum atomic E-state index is -1.50. The van der Waals surface area contributed by atoms with Gasteiger partial charge in [0, 0.05) is 19.4 Å². The van der Waals surface area contributed by atoms with Gasteiger partial charge in [-0.3, -0.25) is 24.0 Å². The SMILES string of the molecule is C[C@@H](O)[C@H](NC(=O)[C@@H](N)CO)C(=O)NCC(=O)N[C@@H](Cc1ccc(O)cc1)C(=O)N1CCC[C@H]1C(=O)N[C@@H](Cc1ccccc1)C(=O)O. The number of carbonyl (C=O) groups is 6. The normalized spacial score (nSPS) is 17.2. The number of nitrogens with two attached hydrogens (primary N) is 1. The van der Waals surface area contributed by atoms with Gasteiger partial charge in [0.1, 0.15) is 36.0 Å². The third-order valence-corrected chi connectivity index (χ3v) is 7.76. The van der Waals surface area contributed by atoms with Crippen LogP contribution in [0.4, 0.5) is 0 Å². The maximum Gasteiger partial charge on any atom is 0.326 e. The number of likely N-dealkylation sites (tertiary alicyclic amines) is 1. The van der Waals surface area contributed by atoms with Crippen molar-refractivity contribution in [3.8, 4) is 5.75 Å². The zero-order valence-electron chi connectivity index (χ0n) is 26.4. The van der Waals surface area contributed by atoms with E-state index in [0.29, 0.717) is 17.5 Å². The molecule has 0 saturated carbocycles. The zero-order valence-corrected chi connectivity index (χ0v) is 26.4. The zero-order chi connectivity index (χ0) is 35.4. The largest absolute Gasteiger partial charge is 0.508 e. The van der Waals surface area contributed by atoms with Gasteiger partial charge in [0.2, 0.25) is 29.5 Å². The Bertz CT molecular complexity index is 1440. The minimum Gasteiger partial charge on any atom is -0.508 e. The Hall–Kier alpha value is -5.06. The van der Waals surface area contributed by atoms with Gasteiger partial charge in [-0.2, -0.15) is 0 Å². The summed E-state index contributed by atoms with van der Waals surface area (Å²) in [5.74, 6) is -5.18. The van der Waals surface area contributed by atoms with Gasteiger partial charge in [-0.1, -0.05) is 42.5 Å². The third kappa shape index (κ3) is 10.8. The number of aliphatic carboxylic acids is 1. The fourth-order valence-electron chi connectivity index (χ4n) is 5.16. The molecule has 1 heterocycles. The van der Waals surface area contributed by atoms with E-state index >= 15 is 0 Å². The number of rotatable bonds is 16. The third-order valence-electron chi connectivity index (χ3n) is 7.76. The van der Waals surface area contributed by atoms with Gasteiger partial charge in [0.05, 0.1) is 19.3 Å². The van der Waals surface area contributed by atoms with Gasteiger partial charge in [-0.15, -0.1) is 0 Å². The van der Waals surface area contributed by atoms with Crippen molar-refractivity contribution in [2.75, 3.05) is 19.7 Å². The Morgan fingerprint density at radius 3 is 2.12 bits per heavy atom. The fourth-order valence-corrected chi connectivity index (χ4v) is 5.16. The highest BCUT2D eigenvalue weighted by atomic mass is 16.4. The van der Waals surface area contributed by atoms with Crippen LogP contribution < -0.4 is 27.0 Å². The monoisotopic (exact) mass is 670 g/mol. The summed E-state index contributed by atoms with van der Waals surface area (Å²) in [7, 11) is 0. The first-order chi connectivity index (χ1) is 22.8. The minimum absolute atomic E-state index is 0.0205. The second-order valence-electron chi connectivity index (χ2n) is 11.5. The molecule has 1 fully saturated rings. The predicted octanol–water partition coefficient (Wildman–Crippen LogP) is -2.48. The lowest BCUT2D eigenvalue weighted by atomic mass is 10.0. The lowest BCUT2D eigenvalue weighted by Gasteiger charge is -2.30. The van der Waals surface area contributed by atoms with E-state index in [-0.39, 0.29) is 31.6 Å². The van der Waals surface area contributed by atoms with Crippen molar-refractivity contribution in [2.45, 2.75) is 68.9 Å². The lowest BCUT2D eigenvalue weighted by Crippen LogP contribution is -2.58. The number of aromatic hydroxyl groups is 1. The number of hydrogen-bond acceptors (Lipinski definition) is 10. The number of nitrogens with zero attached hydrogens (tertiary/aromatic N) is 1. The van der Waals surface area contributed by atoms with Crippen molar-refractivity contribution in [1.82, 2.24) is 26.2 Å². The molecule has 0 radical (unpaired) electrons. The van der Waals surface area contributed by atoms with Crippen molar-refractivity contribution in [1.29, 1.82) is 0 Å². The standard InChI is InChI=1S/C32H42N6O10/c1-18(40)27(37-28(43)22(33)17-39)30(45)34-16-26(42)35-23(14-20-9-11-21(41)12-10-20)31(46)38-13-5-8-25(38)29(44)36-24(32(47)48)15-19-6-3-2-4-7-19/h2-4,6-7,9-12,18,22-25,27,39-41H,5,8,13-17,33H2,1H3,(H,34,45)(H,35,42)(H,36,44)(H,37,43)(H,47,48)/t18-,22+,23+,24+,25+,27+/m1/s1. The summed E-state index contributed by atoms with van der Waals surface area (Å²) in [5.41, 5.74) is 6.71. The molecular weight excluding hydrogens is 628 g/mol. The number of nitrogens with one attached hydrogen (secondary N) is 4. The van der Waals surface area contributed by atoms with Crippen LogP contribution in [0.3, 0.4) is 0 Å². The first kappa shape index (κ1) is 37.4. The van der Waals surface area contributed by atoms with Gasteiger partial charge in [0.25, 0.3) is 0 Å². The molecule has 3 rings (SSSR count). The number of phenols is 1. The van der Waals surface area contributed by atoms with Gasteiger partial charge in [-0.25, -0.2) is 4.79 Å². The molecule has 0 bridgehead atoms. The number of carboxylic acids is 1. The van der Waals surface area contributed by atoms with Crippen LogP contribution >= 0.6 is 0 Å². The van der Waals surface area contributed by atoms with Gasteiger partial charge in [0.15, 0.2) is 0 Å². The number of benzene rings is 2. The Balaban J connectivity index is 1.73. The highest BCUT2D eigenvalue weighted by Crippen LogP contribution is 2.21.